The number of benzene rings is 2. The lowest BCUT2D eigenvalue weighted by atomic mass is 10.00. The molecule has 5 N–H and O–H groups in total. The third-order valence-corrected chi connectivity index (χ3v) is 11.7. The lowest BCUT2D eigenvalue weighted by Gasteiger charge is -2.30. The standard InChI is InChI=1S/C44H56N8O8/c1-25(2)36(49-43(55)56)41(53)52-20-7-10-34(52)40-46-31(23-35-59-21-8-22-60-35)38(48-40)30-17-13-28(14-18-30)27-11-15-29(16-12-27)32-24-45-39(47-32)33-9-6-19-51(33)42(54)37(26(3)4)50-44(57)58-5/h11-18,24-26,33-37,49H,6-10,19-23H2,1-5H3,(H,45,47)(H,46,48)(H,50,57)(H,55,56)/t33-,34-,36-,37-/m0/s1. The topological polar surface area (TPSA) is 204 Å². The SMILES string of the molecule is COC(=O)N[C@H](C(=O)N1CCC[C@H]1c1ncc(-c2ccc(-c3ccc(-c4nc([C@@H]5CCCN5C(=O)[C@@H](NC(=O)O)C(C)C)[nH]c4CC4OCCCO4)cc3)cc2)[nH]1)C(C)C. The zero-order valence-corrected chi connectivity index (χ0v) is 34.9. The lowest BCUT2D eigenvalue weighted by Crippen LogP contribution is -2.51. The van der Waals surface area contributed by atoms with Gasteiger partial charge in [-0.15, -0.1) is 0 Å². The molecule has 0 bridgehead atoms. The number of H-pyrrole nitrogens is 2. The fraction of sp³-hybridized carbons (Fsp3) is 0.500. The number of amides is 4. The van der Waals surface area contributed by atoms with Crippen molar-refractivity contribution in [1.82, 2.24) is 40.4 Å². The number of rotatable bonds is 13. The number of nitrogens with zero attached hydrogens (tertiary/aromatic N) is 4. The van der Waals surface area contributed by atoms with Crippen LogP contribution in [-0.2, 0) is 30.2 Å². The van der Waals surface area contributed by atoms with Crippen molar-refractivity contribution in [2.75, 3.05) is 33.4 Å². The molecule has 0 unspecified atom stereocenters. The van der Waals surface area contributed by atoms with Crippen molar-refractivity contribution < 1.29 is 38.5 Å². The van der Waals surface area contributed by atoms with Gasteiger partial charge in [-0.2, -0.15) is 0 Å². The monoisotopic (exact) mass is 824 g/mol. The third kappa shape index (κ3) is 9.34. The number of carbonyl (C=O) groups is 4. The van der Waals surface area contributed by atoms with E-state index >= 15 is 0 Å². The maximum Gasteiger partial charge on any atom is 0.407 e. The highest BCUT2D eigenvalue weighted by Gasteiger charge is 2.39. The van der Waals surface area contributed by atoms with Gasteiger partial charge in [0.25, 0.3) is 0 Å². The predicted molar refractivity (Wildman–Crippen MR) is 222 cm³/mol. The molecule has 0 aliphatic carbocycles. The molecule has 4 atom stereocenters. The Morgan fingerprint density at radius 3 is 1.85 bits per heavy atom. The minimum Gasteiger partial charge on any atom is -0.465 e. The molecule has 0 spiro atoms. The molecule has 7 rings (SSSR count). The minimum absolute atomic E-state index is 0.117. The van der Waals surface area contributed by atoms with Crippen LogP contribution in [0.4, 0.5) is 9.59 Å². The molecule has 2 aromatic carbocycles. The quantitative estimate of drug-likeness (QED) is 0.0999. The smallest absolute Gasteiger partial charge is 0.407 e. The average molecular weight is 825 g/mol. The van der Waals surface area contributed by atoms with Crippen molar-refractivity contribution in [2.45, 2.75) is 96.7 Å². The van der Waals surface area contributed by atoms with Gasteiger partial charge in [-0.3, -0.25) is 9.59 Å². The molecule has 16 nitrogen and oxygen atoms in total. The molecule has 4 amide bonds. The summed E-state index contributed by atoms with van der Waals surface area (Å²) in [5.41, 5.74) is 6.34. The van der Waals surface area contributed by atoms with Gasteiger partial charge in [0, 0.05) is 30.8 Å². The second-order valence-corrected chi connectivity index (χ2v) is 16.4. The first-order valence-electron chi connectivity index (χ1n) is 20.9. The second-order valence-electron chi connectivity index (χ2n) is 16.4. The number of aromatic nitrogens is 4. The van der Waals surface area contributed by atoms with Crippen LogP contribution in [0.3, 0.4) is 0 Å². The largest absolute Gasteiger partial charge is 0.465 e. The number of likely N-dealkylation sites (tertiary alicyclic amines) is 2. The summed E-state index contributed by atoms with van der Waals surface area (Å²) in [6.07, 6.45) is 3.89. The summed E-state index contributed by atoms with van der Waals surface area (Å²) >= 11 is 0. The fourth-order valence-corrected chi connectivity index (χ4v) is 8.44. The first-order valence-corrected chi connectivity index (χ1v) is 20.9. The van der Waals surface area contributed by atoms with Crippen LogP contribution in [0.2, 0.25) is 0 Å². The number of imidazole rings is 2. The van der Waals surface area contributed by atoms with Crippen LogP contribution in [0.1, 0.15) is 89.2 Å². The van der Waals surface area contributed by atoms with E-state index in [1.165, 1.54) is 7.11 Å². The van der Waals surface area contributed by atoms with Crippen molar-refractivity contribution in [3.63, 3.8) is 0 Å². The molecule has 5 heterocycles. The number of carboxylic acid groups (broad SMARTS) is 1. The number of nitrogens with one attached hydrogen (secondary N) is 4. The van der Waals surface area contributed by atoms with E-state index < -0.39 is 30.6 Å². The Balaban J connectivity index is 1.08. The maximum absolute atomic E-state index is 13.7. The van der Waals surface area contributed by atoms with Crippen LogP contribution >= 0.6 is 0 Å². The molecule has 60 heavy (non-hydrogen) atoms. The van der Waals surface area contributed by atoms with Gasteiger partial charge in [-0.25, -0.2) is 19.6 Å². The Labute approximate surface area is 349 Å². The van der Waals surface area contributed by atoms with E-state index in [2.05, 4.69) is 49.9 Å². The number of methoxy groups -OCH3 is 1. The zero-order chi connectivity index (χ0) is 42.5. The van der Waals surface area contributed by atoms with Crippen LogP contribution in [0, 0.1) is 11.8 Å². The maximum atomic E-state index is 13.7. The molecule has 320 valence electrons. The predicted octanol–water partition coefficient (Wildman–Crippen LogP) is 6.44. The summed E-state index contributed by atoms with van der Waals surface area (Å²) < 4.78 is 16.6. The van der Waals surface area contributed by atoms with Crippen LogP contribution < -0.4 is 10.6 Å². The minimum atomic E-state index is -1.23. The summed E-state index contributed by atoms with van der Waals surface area (Å²) in [4.78, 5) is 71.1. The van der Waals surface area contributed by atoms with E-state index in [0.29, 0.717) is 50.8 Å². The first-order chi connectivity index (χ1) is 28.9. The molecule has 16 heteroatoms. The molecule has 3 saturated heterocycles. The van der Waals surface area contributed by atoms with Gasteiger partial charge < -0.3 is 49.7 Å². The van der Waals surface area contributed by atoms with Crippen molar-refractivity contribution in [1.29, 1.82) is 0 Å². The highest BCUT2D eigenvalue weighted by Crippen LogP contribution is 2.36. The lowest BCUT2D eigenvalue weighted by molar-refractivity contribution is -0.177. The van der Waals surface area contributed by atoms with Crippen LogP contribution in [0.15, 0.2) is 54.7 Å². The molecular weight excluding hydrogens is 769 g/mol. The van der Waals surface area contributed by atoms with Crippen LogP contribution in [0.25, 0.3) is 33.6 Å². The van der Waals surface area contributed by atoms with E-state index in [-0.39, 0.29) is 35.7 Å². The first kappa shape index (κ1) is 42.4. The Hall–Kier alpha value is -5.74. The number of ether oxygens (including phenoxy) is 3. The third-order valence-electron chi connectivity index (χ3n) is 11.7. The molecule has 3 aliphatic rings. The van der Waals surface area contributed by atoms with E-state index in [9.17, 15) is 24.3 Å². The molecule has 4 aromatic rings. The summed E-state index contributed by atoms with van der Waals surface area (Å²) in [7, 11) is 1.29. The molecule has 0 radical (unpaired) electrons. The normalized spacial score (nSPS) is 19.4. The van der Waals surface area contributed by atoms with Crippen molar-refractivity contribution in [2.24, 2.45) is 11.8 Å². The van der Waals surface area contributed by atoms with E-state index in [0.717, 1.165) is 65.0 Å². The number of alkyl carbamates (subject to hydrolysis) is 1. The molecule has 2 aromatic heterocycles. The number of aromatic amines is 2. The van der Waals surface area contributed by atoms with Crippen molar-refractivity contribution in [3.05, 3.63) is 72.1 Å². The Kier molecular flexibility index (Phi) is 13.2. The number of carbonyl (C=O) groups excluding carboxylic acids is 3. The van der Waals surface area contributed by atoms with Gasteiger partial charge >= 0.3 is 12.2 Å². The summed E-state index contributed by atoms with van der Waals surface area (Å²) in [6.45, 7) is 9.78. The summed E-state index contributed by atoms with van der Waals surface area (Å²) in [6, 6.07) is 14.3. The van der Waals surface area contributed by atoms with Gasteiger partial charge in [0.15, 0.2) is 6.29 Å². The Morgan fingerprint density at radius 2 is 1.30 bits per heavy atom. The molecule has 3 fully saturated rings. The Morgan fingerprint density at radius 1 is 0.767 bits per heavy atom. The summed E-state index contributed by atoms with van der Waals surface area (Å²) in [5, 5.41) is 14.5. The zero-order valence-electron chi connectivity index (χ0n) is 34.9. The van der Waals surface area contributed by atoms with E-state index in [4.69, 9.17) is 19.2 Å². The van der Waals surface area contributed by atoms with Crippen LogP contribution in [-0.4, -0.2) is 111 Å². The highest BCUT2D eigenvalue weighted by atomic mass is 16.7. The van der Waals surface area contributed by atoms with Crippen molar-refractivity contribution >= 4 is 24.0 Å². The van der Waals surface area contributed by atoms with E-state index in [1.54, 1.807) is 16.0 Å². The Bertz CT molecular complexity index is 2130. The molecular formula is C44H56N8O8. The van der Waals surface area contributed by atoms with Crippen LogP contribution in [0.5, 0.6) is 0 Å². The molecule has 0 saturated carbocycles. The average Bonchev–Trinajstić information content (AvgIpc) is 4.09. The second kappa shape index (κ2) is 18.7. The van der Waals surface area contributed by atoms with Gasteiger partial charge in [0.2, 0.25) is 11.8 Å². The molecule has 3 aliphatic heterocycles. The number of hydrogen-bond acceptors (Lipinski definition) is 9. The fourth-order valence-electron chi connectivity index (χ4n) is 8.44. The van der Waals surface area contributed by atoms with Crippen molar-refractivity contribution in [3.8, 4) is 33.6 Å². The van der Waals surface area contributed by atoms with Gasteiger partial charge in [-0.05, 0) is 60.6 Å². The number of hydrogen-bond donors (Lipinski definition) is 5. The summed E-state index contributed by atoms with van der Waals surface area (Å²) in [5.74, 6) is 0.621. The van der Waals surface area contributed by atoms with Gasteiger partial charge in [0.05, 0.1) is 50.0 Å². The highest BCUT2D eigenvalue weighted by molar-refractivity contribution is 5.87. The van der Waals surface area contributed by atoms with Gasteiger partial charge in [0.1, 0.15) is 23.7 Å². The van der Waals surface area contributed by atoms with E-state index in [1.807, 2.05) is 52.0 Å². The van der Waals surface area contributed by atoms with Gasteiger partial charge in [-0.1, -0.05) is 76.2 Å².